The summed E-state index contributed by atoms with van der Waals surface area (Å²) in [6.45, 7) is 0.211. The molecule has 2 aliphatic carbocycles. The summed E-state index contributed by atoms with van der Waals surface area (Å²) in [7, 11) is 1.56. The monoisotopic (exact) mass is 576 g/mol. The van der Waals surface area contributed by atoms with Crippen LogP contribution in [-0.4, -0.2) is 18.7 Å². The minimum atomic E-state index is -0.473. The summed E-state index contributed by atoms with van der Waals surface area (Å²) in [6.07, 6.45) is 3.82. The van der Waals surface area contributed by atoms with Crippen LogP contribution in [0.1, 0.15) is 55.6 Å². The maximum atomic E-state index is 13.1. The molecule has 0 unspecified atom stereocenters. The molecule has 0 N–H and O–H groups in total. The molecule has 35 heavy (non-hydrogen) atoms. The molecule has 2 aromatic carbocycles. The van der Waals surface area contributed by atoms with Gasteiger partial charge in [-0.05, 0) is 58.6 Å². The molecule has 0 saturated carbocycles. The quantitative estimate of drug-likeness (QED) is 0.369. The zero-order chi connectivity index (χ0) is 24.7. The highest BCUT2D eigenvalue weighted by Gasteiger charge is 2.42. The average molecular weight is 578 g/mol. The average Bonchev–Trinajstić information content (AvgIpc) is 2.83. The summed E-state index contributed by atoms with van der Waals surface area (Å²) in [4.78, 5) is 26.1. The molecular weight excluding hydrogens is 555 g/mol. The van der Waals surface area contributed by atoms with Crippen LogP contribution in [0.4, 0.5) is 0 Å². The fraction of sp³-hybridized carbons (Fsp3) is 0.333. The number of halogens is 3. The second kappa shape index (κ2) is 10.00. The van der Waals surface area contributed by atoms with Crippen molar-refractivity contribution in [3.05, 3.63) is 78.6 Å². The largest absolute Gasteiger partial charge is 0.493 e. The number of rotatable bonds is 5. The van der Waals surface area contributed by atoms with Gasteiger partial charge in [0.05, 0.1) is 11.6 Å². The molecule has 0 aromatic heterocycles. The van der Waals surface area contributed by atoms with Crippen LogP contribution >= 0.6 is 39.1 Å². The highest BCUT2D eigenvalue weighted by atomic mass is 79.9. The van der Waals surface area contributed by atoms with Gasteiger partial charge in [-0.2, -0.15) is 0 Å². The third-order valence-electron chi connectivity index (χ3n) is 6.61. The molecule has 5 nitrogen and oxygen atoms in total. The number of Topliss-reactive ketones (excluding diaryl/α,β-unsaturated/α-hetero) is 2. The molecule has 2 aromatic rings. The summed E-state index contributed by atoms with van der Waals surface area (Å²) in [5.41, 5.74) is 2.77. The highest BCUT2D eigenvalue weighted by molar-refractivity contribution is 9.10. The maximum Gasteiger partial charge on any atom is 0.175 e. The Kier molecular flexibility index (Phi) is 6.97. The van der Waals surface area contributed by atoms with Crippen molar-refractivity contribution in [2.75, 3.05) is 7.11 Å². The van der Waals surface area contributed by atoms with Crippen molar-refractivity contribution in [3.63, 3.8) is 0 Å². The summed E-state index contributed by atoms with van der Waals surface area (Å²) in [5.74, 6) is 1.99. The maximum absolute atomic E-state index is 13.1. The molecule has 3 aliphatic rings. The molecule has 0 amide bonds. The van der Waals surface area contributed by atoms with E-state index in [1.54, 1.807) is 19.2 Å². The van der Waals surface area contributed by atoms with Crippen molar-refractivity contribution in [3.8, 4) is 11.5 Å². The Balaban J connectivity index is 1.55. The highest BCUT2D eigenvalue weighted by Crippen LogP contribution is 2.50. The molecule has 1 heterocycles. The van der Waals surface area contributed by atoms with E-state index in [0.717, 1.165) is 24.0 Å². The van der Waals surface area contributed by atoms with E-state index in [9.17, 15) is 9.59 Å². The summed E-state index contributed by atoms with van der Waals surface area (Å²) in [6, 6.07) is 8.98. The summed E-state index contributed by atoms with van der Waals surface area (Å²) >= 11 is 15.9. The third-order valence-corrected chi connectivity index (χ3v) is 7.79. The Morgan fingerprint density at radius 3 is 2.23 bits per heavy atom. The number of ether oxygens (including phenoxy) is 3. The van der Waals surface area contributed by atoms with Crippen molar-refractivity contribution in [2.45, 2.75) is 51.0 Å². The number of ketones is 2. The van der Waals surface area contributed by atoms with Gasteiger partial charge in [-0.15, -0.1) is 0 Å². The topological polar surface area (TPSA) is 61.8 Å². The molecule has 0 atom stereocenters. The second-order valence-corrected chi connectivity index (χ2v) is 10.5. The molecular formula is C27H23BrCl2O5. The van der Waals surface area contributed by atoms with Crippen LogP contribution < -0.4 is 9.47 Å². The van der Waals surface area contributed by atoms with E-state index >= 15 is 0 Å². The fourth-order valence-corrected chi connectivity index (χ4v) is 6.02. The first-order valence-corrected chi connectivity index (χ1v) is 13.1. The first kappa shape index (κ1) is 24.4. The number of carbonyl (C=O) groups excluding carboxylic acids is 2. The van der Waals surface area contributed by atoms with Gasteiger partial charge >= 0.3 is 0 Å². The zero-order valence-electron chi connectivity index (χ0n) is 19.1. The Bertz CT molecular complexity index is 1250. The standard InChI is InChI=1S/C27H23BrCl2O5/c1-33-23-11-15(10-17(28)27(23)34-13-14-8-9-16(29)12-18(14)30)24-25-19(31)4-2-6-21(25)35-22-7-3-5-20(32)26(22)24/h8-12,24H,2-7,13H2,1H3. The van der Waals surface area contributed by atoms with E-state index in [1.807, 2.05) is 18.2 Å². The molecule has 5 rings (SSSR count). The van der Waals surface area contributed by atoms with Gasteiger partial charge in [-0.3, -0.25) is 9.59 Å². The molecule has 0 fully saturated rings. The van der Waals surface area contributed by atoms with E-state index in [-0.39, 0.29) is 18.2 Å². The van der Waals surface area contributed by atoms with E-state index in [4.69, 9.17) is 37.4 Å². The van der Waals surface area contributed by atoms with Crippen LogP contribution in [0, 0.1) is 0 Å². The lowest BCUT2D eigenvalue weighted by Crippen LogP contribution is -2.30. The molecule has 182 valence electrons. The molecule has 1 aliphatic heterocycles. The van der Waals surface area contributed by atoms with Crippen LogP contribution in [-0.2, 0) is 20.9 Å². The van der Waals surface area contributed by atoms with Gasteiger partial charge in [0.15, 0.2) is 23.1 Å². The Labute approximate surface area is 222 Å². The van der Waals surface area contributed by atoms with Crippen LogP contribution in [0.25, 0.3) is 0 Å². The first-order chi connectivity index (χ1) is 16.9. The second-order valence-electron chi connectivity index (χ2n) is 8.82. The predicted octanol–water partition coefficient (Wildman–Crippen LogP) is 7.47. The smallest absolute Gasteiger partial charge is 0.175 e. The van der Waals surface area contributed by atoms with Crippen LogP contribution in [0.3, 0.4) is 0 Å². The van der Waals surface area contributed by atoms with Crippen molar-refractivity contribution >= 4 is 50.7 Å². The Hall–Kier alpha value is -2.28. The van der Waals surface area contributed by atoms with Gasteiger partial charge in [0.25, 0.3) is 0 Å². The lowest BCUT2D eigenvalue weighted by Gasteiger charge is -2.36. The van der Waals surface area contributed by atoms with Gasteiger partial charge in [-0.1, -0.05) is 29.3 Å². The van der Waals surface area contributed by atoms with Gasteiger partial charge in [-0.25, -0.2) is 0 Å². The Morgan fingerprint density at radius 1 is 0.971 bits per heavy atom. The number of methoxy groups -OCH3 is 1. The van der Waals surface area contributed by atoms with E-state index in [0.29, 0.717) is 74.4 Å². The van der Waals surface area contributed by atoms with E-state index < -0.39 is 5.92 Å². The lowest BCUT2D eigenvalue weighted by molar-refractivity contribution is -0.117. The predicted molar refractivity (Wildman–Crippen MR) is 137 cm³/mol. The number of carbonyl (C=O) groups is 2. The van der Waals surface area contributed by atoms with Crippen LogP contribution in [0.2, 0.25) is 10.0 Å². The number of hydrogen-bond acceptors (Lipinski definition) is 5. The number of benzene rings is 2. The van der Waals surface area contributed by atoms with Gasteiger partial charge < -0.3 is 14.2 Å². The molecule has 8 heteroatoms. The van der Waals surface area contributed by atoms with Gasteiger partial charge in [0.2, 0.25) is 0 Å². The van der Waals surface area contributed by atoms with Crippen LogP contribution in [0.5, 0.6) is 11.5 Å². The molecule has 0 saturated heterocycles. The number of hydrogen-bond donors (Lipinski definition) is 0. The van der Waals surface area contributed by atoms with Crippen molar-refractivity contribution < 1.29 is 23.8 Å². The SMILES string of the molecule is COc1cc(C2C3=C(CCCC3=O)OC3=C2C(=O)CCC3)cc(Br)c1OCc1ccc(Cl)cc1Cl. The molecule has 0 spiro atoms. The van der Waals surface area contributed by atoms with E-state index in [1.165, 1.54) is 0 Å². The van der Waals surface area contributed by atoms with Crippen molar-refractivity contribution in [1.29, 1.82) is 0 Å². The summed E-state index contributed by atoms with van der Waals surface area (Å²) < 4.78 is 18.5. The number of allylic oxidation sites excluding steroid dienone is 4. The Morgan fingerprint density at radius 2 is 1.63 bits per heavy atom. The van der Waals surface area contributed by atoms with Gasteiger partial charge in [0.1, 0.15) is 18.1 Å². The minimum Gasteiger partial charge on any atom is -0.493 e. The summed E-state index contributed by atoms with van der Waals surface area (Å²) in [5, 5.41) is 1.06. The zero-order valence-corrected chi connectivity index (χ0v) is 22.2. The normalized spacial score (nSPS) is 18.3. The van der Waals surface area contributed by atoms with Crippen molar-refractivity contribution in [1.82, 2.24) is 0 Å². The fourth-order valence-electron chi connectivity index (χ4n) is 4.99. The van der Waals surface area contributed by atoms with Crippen molar-refractivity contribution in [2.24, 2.45) is 0 Å². The molecule has 0 bridgehead atoms. The van der Waals surface area contributed by atoms with Crippen LogP contribution in [0.15, 0.2) is 57.5 Å². The third kappa shape index (κ3) is 4.64. The molecule has 0 radical (unpaired) electrons. The minimum absolute atomic E-state index is 0.0361. The van der Waals surface area contributed by atoms with Gasteiger partial charge in [0, 0.05) is 58.4 Å². The lowest BCUT2D eigenvalue weighted by atomic mass is 9.73. The van der Waals surface area contributed by atoms with E-state index in [2.05, 4.69) is 15.9 Å². The first-order valence-electron chi connectivity index (χ1n) is 11.5.